The molecule has 1 heterocycles. The maximum Gasteiger partial charge on any atom is 0.248 e. The summed E-state index contributed by atoms with van der Waals surface area (Å²) in [6, 6.07) is 6.18. The van der Waals surface area contributed by atoms with Crippen LogP contribution in [0.1, 0.15) is 24.2 Å². The molecule has 2 N–H and O–H groups in total. The van der Waals surface area contributed by atoms with Crippen molar-refractivity contribution in [2.45, 2.75) is 24.8 Å². The molecule has 0 aliphatic carbocycles. The summed E-state index contributed by atoms with van der Waals surface area (Å²) in [6.45, 7) is 6.64. The lowest BCUT2D eigenvalue weighted by Crippen LogP contribution is -2.50. The van der Waals surface area contributed by atoms with Gasteiger partial charge in [-0.15, -0.1) is 0 Å². The van der Waals surface area contributed by atoms with Gasteiger partial charge in [0.15, 0.2) is 0 Å². The van der Waals surface area contributed by atoms with Crippen LogP contribution < -0.4 is 5.73 Å². The van der Waals surface area contributed by atoms with E-state index >= 15 is 0 Å². The van der Waals surface area contributed by atoms with Gasteiger partial charge in [0.2, 0.25) is 15.9 Å². The van der Waals surface area contributed by atoms with Gasteiger partial charge in [-0.25, -0.2) is 8.42 Å². The fourth-order valence-electron chi connectivity index (χ4n) is 2.40. The Bertz CT molecular complexity index is 603. The van der Waals surface area contributed by atoms with Gasteiger partial charge >= 0.3 is 0 Å². The first-order valence-electron chi connectivity index (χ1n) is 6.96. The quantitative estimate of drug-likeness (QED) is 0.877. The third-order valence-corrected chi connectivity index (χ3v) is 5.69. The topological polar surface area (TPSA) is 83.7 Å². The zero-order valence-electron chi connectivity index (χ0n) is 12.3. The standard InChI is InChI=1S/C14H21N3O3S/c1-11(2)16-7-9-17(10-8-16)21(19,20)13-5-3-12(4-6-13)14(15)18/h3-6,11H,7-10H2,1-2H3,(H2,15,18). The molecule has 0 saturated carbocycles. The third-order valence-electron chi connectivity index (χ3n) is 3.78. The molecule has 1 saturated heterocycles. The molecule has 0 aromatic heterocycles. The molecule has 1 fully saturated rings. The number of piperazine rings is 1. The summed E-state index contributed by atoms with van der Waals surface area (Å²) >= 11 is 0. The Kier molecular flexibility index (Phi) is 4.65. The fourth-order valence-corrected chi connectivity index (χ4v) is 3.82. The van der Waals surface area contributed by atoms with Gasteiger partial charge < -0.3 is 5.73 Å². The van der Waals surface area contributed by atoms with Gasteiger partial charge in [0.05, 0.1) is 4.90 Å². The maximum absolute atomic E-state index is 12.5. The normalized spacial score (nSPS) is 18.0. The average molecular weight is 311 g/mol. The van der Waals surface area contributed by atoms with Crippen LogP contribution in [0, 0.1) is 0 Å². The number of primary amides is 1. The summed E-state index contributed by atoms with van der Waals surface area (Å²) in [6.07, 6.45) is 0. The van der Waals surface area contributed by atoms with Gasteiger partial charge in [-0.05, 0) is 38.1 Å². The third kappa shape index (κ3) is 3.42. The van der Waals surface area contributed by atoms with Gasteiger partial charge in [-0.3, -0.25) is 9.69 Å². The van der Waals surface area contributed by atoms with E-state index in [1.165, 1.54) is 28.6 Å². The van der Waals surface area contributed by atoms with Crippen LogP contribution in [0.25, 0.3) is 0 Å². The Morgan fingerprint density at radius 3 is 2.05 bits per heavy atom. The largest absolute Gasteiger partial charge is 0.366 e. The molecule has 1 amide bonds. The second kappa shape index (κ2) is 6.13. The minimum Gasteiger partial charge on any atom is -0.366 e. The number of carbonyl (C=O) groups is 1. The molecule has 0 unspecified atom stereocenters. The Morgan fingerprint density at radius 1 is 1.10 bits per heavy atom. The van der Waals surface area contributed by atoms with Gasteiger partial charge in [-0.2, -0.15) is 4.31 Å². The maximum atomic E-state index is 12.5. The van der Waals surface area contributed by atoms with Crippen LogP contribution in [0.4, 0.5) is 0 Å². The Labute approximate surface area is 125 Å². The molecule has 0 spiro atoms. The van der Waals surface area contributed by atoms with Gasteiger partial charge in [0, 0.05) is 37.8 Å². The lowest BCUT2D eigenvalue weighted by atomic mass is 10.2. The summed E-state index contributed by atoms with van der Waals surface area (Å²) < 4.78 is 26.6. The van der Waals surface area contributed by atoms with Crippen LogP contribution in [0.15, 0.2) is 29.2 Å². The van der Waals surface area contributed by atoms with Crippen molar-refractivity contribution in [3.63, 3.8) is 0 Å². The first-order chi connectivity index (χ1) is 9.82. The van der Waals surface area contributed by atoms with Crippen molar-refractivity contribution in [3.05, 3.63) is 29.8 Å². The highest BCUT2D eigenvalue weighted by Crippen LogP contribution is 2.18. The molecule has 0 radical (unpaired) electrons. The van der Waals surface area contributed by atoms with Crippen molar-refractivity contribution in [1.82, 2.24) is 9.21 Å². The number of amides is 1. The van der Waals surface area contributed by atoms with Crippen LogP contribution in [-0.2, 0) is 10.0 Å². The number of sulfonamides is 1. The van der Waals surface area contributed by atoms with E-state index in [9.17, 15) is 13.2 Å². The molecule has 0 bridgehead atoms. The van der Waals surface area contributed by atoms with E-state index in [1.54, 1.807) is 0 Å². The smallest absolute Gasteiger partial charge is 0.248 e. The molecule has 6 nitrogen and oxygen atoms in total. The van der Waals surface area contributed by atoms with Crippen molar-refractivity contribution in [3.8, 4) is 0 Å². The molecule has 116 valence electrons. The molecule has 1 aliphatic rings. The number of benzene rings is 1. The zero-order valence-corrected chi connectivity index (χ0v) is 13.1. The van der Waals surface area contributed by atoms with E-state index in [4.69, 9.17) is 5.73 Å². The Hall–Kier alpha value is -1.44. The second-order valence-corrected chi connectivity index (χ2v) is 7.36. The van der Waals surface area contributed by atoms with Gasteiger partial charge in [-0.1, -0.05) is 0 Å². The highest BCUT2D eigenvalue weighted by Gasteiger charge is 2.29. The predicted molar refractivity (Wildman–Crippen MR) is 80.4 cm³/mol. The van der Waals surface area contributed by atoms with Gasteiger partial charge in [0.25, 0.3) is 0 Å². The monoisotopic (exact) mass is 311 g/mol. The molecule has 1 aromatic rings. The van der Waals surface area contributed by atoms with Crippen molar-refractivity contribution in [2.24, 2.45) is 5.73 Å². The van der Waals surface area contributed by atoms with E-state index in [0.717, 1.165) is 13.1 Å². The summed E-state index contributed by atoms with van der Waals surface area (Å²) in [4.78, 5) is 13.5. The van der Waals surface area contributed by atoms with Crippen molar-refractivity contribution in [2.75, 3.05) is 26.2 Å². The molecule has 1 aromatic carbocycles. The Balaban J connectivity index is 2.13. The lowest BCUT2D eigenvalue weighted by molar-refractivity contribution is 0.1000. The number of nitrogens with two attached hydrogens (primary N) is 1. The SMILES string of the molecule is CC(C)N1CCN(S(=O)(=O)c2ccc(C(N)=O)cc2)CC1. The zero-order chi connectivity index (χ0) is 15.6. The van der Waals surface area contributed by atoms with Crippen molar-refractivity contribution >= 4 is 15.9 Å². The Morgan fingerprint density at radius 2 is 1.62 bits per heavy atom. The summed E-state index contributed by atoms with van der Waals surface area (Å²) in [5.41, 5.74) is 5.46. The number of nitrogens with zero attached hydrogens (tertiary/aromatic N) is 2. The van der Waals surface area contributed by atoms with Crippen LogP contribution in [0.3, 0.4) is 0 Å². The molecule has 21 heavy (non-hydrogen) atoms. The van der Waals surface area contributed by atoms with E-state index in [2.05, 4.69) is 18.7 Å². The highest BCUT2D eigenvalue weighted by molar-refractivity contribution is 7.89. The number of hydrogen-bond acceptors (Lipinski definition) is 4. The fraction of sp³-hybridized carbons (Fsp3) is 0.500. The van der Waals surface area contributed by atoms with Crippen LogP contribution in [0.2, 0.25) is 0 Å². The minimum absolute atomic E-state index is 0.200. The molecule has 7 heteroatoms. The van der Waals surface area contributed by atoms with Crippen molar-refractivity contribution < 1.29 is 13.2 Å². The molecule has 2 rings (SSSR count). The van der Waals surface area contributed by atoms with Crippen LogP contribution >= 0.6 is 0 Å². The van der Waals surface area contributed by atoms with E-state index in [0.29, 0.717) is 24.7 Å². The number of rotatable bonds is 4. The molecule has 1 aliphatic heterocycles. The van der Waals surface area contributed by atoms with Crippen LogP contribution in [0.5, 0.6) is 0 Å². The number of carbonyl (C=O) groups excluding carboxylic acids is 1. The first-order valence-corrected chi connectivity index (χ1v) is 8.40. The van der Waals surface area contributed by atoms with E-state index in [1.807, 2.05) is 0 Å². The number of hydrogen-bond donors (Lipinski definition) is 1. The molecular formula is C14H21N3O3S. The molecular weight excluding hydrogens is 290 g/mol. The molecule has 0 atom stereocenters. The van der Waals surface area contributed by atoms with Crippen LogP contribution in [-0.4, -0.2) is 55.8 Å². The summed E-state index contributed by atoms with van der Waals surface area (Å²) in [5, 5.41) is 0. The summed E-state index contributed by atoms with van der Waals surface area (Å²) in [7, 11) is -3.50. The average Bonchev–Trinajstić information content (AvgIpc) is 2.47. The minimum atomic E-state index is -3.50. The predicted octanol–water partition coefficient (Wildman–Crippen LogP) is 0.500. The lowest BCUT2D eigenvalue weighted by Gasteiger charge is -2.36. The van der Waals surface area contributed by atoms with Gasteiger partial charge in [0.1, 0.15) is 0 Å². The summed E-state index contributed by atoms with van der Waals surface area (Å²) in [5.74, 6) is -0.565. The van der Waals surface area contributed by atoms with E-state index in [-0.39, 0.29) is 4.90 Å². The first kappa shape index (κ1) is 15.9. The second-order valence-electron chi connectivity index (χ2n) is 5.42. The van der Waals surface area contributed by atoms with E-state index < -0.39 is 15.9 Å². The van der Waals surface area contributed by atoms with Crippen molar-refractivity contribution in [1.29, 1.82) is 0 Å². The highest BCUT2D eigenvalue weighted by atomic mass is 32.2.